The van der Waals surface area contributed by atoms with Crippen molar-refractivity contribution >= 4 is 40.4 Å². The van der Waals surface area contributed by atoms with Gasteiger partial charge in [0.05, 0.1) is 16.5 Å². The Morgan fingerprint density at radius 2 is 1.62 bits per heavy atom. The molecule has 146 valence electrons. The van der Waals surface area contributed by atoms with E-state index in [1.807, 2.05) is 103 Å². The number of hydrogen-bond donors (Lipinski definition) is 1. The summed E-state index contributed by atoms with van der Waals surface area (Å²) in [4.78, 5) is 6.67. The number of thioether (sulfide) groups is 1. The van der Waals surface area contributed by atoms with Crippen LogP contribution < -0.4 is 4.90 Å². The Labute approximate surface area is 180 Å². The van der Waals surface area contributed by atoms with E-state index in [9.17, 15) is 5.11 Å². The normalized spacial score (nSPS) is 21.0. The molecule has 1 heterocycles. The Balaban J connectivity index is 1.74. The smallest absolute Gasteiger partial charge is 0.178 e. The Kier molecular flexibility index (Phi) is 5.76. The Morgan fingerprint density at radius 3 is 2.28 bits per heavy atom. The summed E-state index contributed by atoms with van der Waals surface area (Å²) in [7, 11) is 0. The van der Waals surface area contributed by atoms with Gasteiger partial charge >= 0.3 is 0 Å². The summed E-state index contributed by atoms with van der Waals surface area (Å²) in [6.07, 6.45) is 2.02. The highest BCUT2D eigenvalue weighted by atomic mass is 35.5. The molecule has 0 aromatic heterocycles. The molecule has 0 saturated carbocycles. The lowest BCUT2D eigenvalue weighted by molar-refractivity contribution is 0.0721. The standard InChI is InChI=1S/C24H21ClN2OS/c1-18(26-21-14-12-20(25)13-15-21)16-23-27(22-10-6-3-7-11-22)24(28,17-29-23)19-8-4-2-5-9-19/h2-16,28H,17H2,1H3/b23-16+,26-18?/t24-/m0/s1. The van der Waals surface area contributed by atoms with E-state index in [0.717, 1.165) is 27.7 Å². The van der Waals surface area contributed by atoms with Gasteiger partial charge in [0.1, 0.15) is 0 Å². The second kappa shape index (κ2) is 8.46. The Hall–Kier alpha value is -2.53. The summed E-state index contributed by atoms with van der Waals surface area (Å²) in [6, 6.07) is 27.2. The third-order valence-electron chi connectivity index (χ3n) is 4.73. The van der Waals surface area contributed by atoms with E-state index >= 15 is 0 Å². The van der Waals surface area contributed by atoms with Crippen molar-refractivity contribution < 1.29 is 5.11 Å². The van der Waals surface area contributed by atoms with E-state index in [2.05, 4.69) is 4.99 Å². The van der Waals surface area contributed by atoms with Crippen LogP contribution in [0.3, 0.4) is 0 Å². The lowest BCUT2D eigenvalue weighted by Crippen LogP contribution is -2.42. The van der Waals surface area contributed by atoms with Crippen LogP contribution in [0.15, 0.2) is 101 Å². The molecule has 1 N–H and O–H groups in total. The fourth-order valence-electron chi connectivity index (χ4n) is 3.36. The maximum Gasteiger partial charge on any atom is 0.178 e. The number of benzene rings is 3. The van der Waals surface area contributed by atoms with Crippen LogP contribution >= 0.6 is 23.4 Å². The number of allylic oxidation sites excluding steroid dienone is 1. The average Bonchev–Trinajstić information content (AvgIpc) is 3.08. The fraction of sp³-hybridized carbons (Fsp3) is 0.125. The molecule has 5 heteroatoms. The number of aliphatic hydroxyl groups is 1. The first-order valence-electron chi connectivity index (χ1n) is 9.35. The number of para-hydroxylation sites is 1. The number of hydrogen-bond acceptors (Lipinski definition) is 4. The van der Waals surface area contributed by atoms with Crippen molar-refractivity contribution in [2.24, 2.45) is 4.99 Å². The summed E-state index contributed by atoms with van der Waals surface area (Å²) in [5, 5.41) is 13.3. The highest BCUT2D eigenvalue weighted by Crippen LogP contribution is 2.47. The summed E-state index contributed by atoms with van der Waals surface area (Å²) in [6.45, 7) is 1.96. The van der Waals surface area contributed by atoms with Gasteiger partial charge in [-0.15, -0.1) is 11.8 Å². The third-order valence-corrected chi connectivity index (χ3v) is 6.12. The zero-order chi connectivity index (χ0) is 20.3. The zero-order valence-corrected chi connectivity index (χ0v) is 17.6. The highest BCUT2D eigenvalue weighted by Gasteiger charge is 2.44. The Morgan fingerprint density at radius 1 is 1.00 bits per heavy atom. The summed E-state index contributed by atoms with van der Waals surface area (Å²) >= 11 is 7.59. The predicted molar refractivity (Wildman–Crippen MR) is 124 cm³/mol. The number of nitrogens with zero attached hydrogens (tertiary/aromatic N) is 2. The minimum absolute atomic E-state index is 0.534. The molecule has 3 aromatic rings. The van der Waals surface area contributed by atoms with Gasteiger partial charge in [-0.25, -0.2) is 0 Å². The van der Waals surface area contributed by atoms with Gasteiger partial charge in [0, 0.05) is 22.0 Å². The molecule has 0 unspecified atom stereocenters. The molecule has 3 aromatic carbocycles. The van der Waals surface area contributed by atoms with Gasteiger partial charge in [-0.2, -0.15) is 0 Å². The molecule has 1 aliphatic rings. The van der Waals surface area contributed by atoms with Crippen molar-refractivity contribution in [1.82, 2.24) is 0 Å². The Bertz CT molecular complexity index is 1040. The molecule has 29 heavy (non-hydrogen) atoms. The van der Waals surface area contributed by atoms with Crippen LogP contribution in [0.2, 0.25) is 5.02 Å². The van der Waals surface area contributed by atoms with Crippen LogP contribution in [0.1, 0.15) is 12.5 Å². The van der Waals surface area contributed by atoms with Gasteiger partial charge in [0.15, 0.2) is 5.72 Å². The van der Waals surface area contributed by atoms with Crippen molar-refractivity contribution in [3.63, 3.8) is 0 Å². The van der Waals surface area contributed by atoms with Gasteiger partial charge in [-0.3, -0.25) is 4.99 Å². The van der Waals surface area contributed by atoms with Gasteiger partial charge in [-0.05, 0) is 49.4 Å². The lowest BCUT2D eigenvalue weighted by Gasteiger charge is -2.35. The quantitative estimate of drug-likeness (QED) is 0.498. The molecule has 3 nitrogen and oxygen atoms in total. The SMILES string of the molecule is CC(/C=C1/SC[C@](O)(c2ccccc2)N1c1ccccc1)=Nc1ccc(Cl)cc1. The topological polar surface area (TPSA) is 35.8 Å². The third kappa shape index (κ3) is 4.25. The number of anilines is 1. The van der Waals surface area contributed by atoms with Crippen LogP contribution in [0.4, 0.5) is 11.4 Å². The maximum atomic E-state index is 11.7. The van der Waals surface area contributed by atoms with Crippen LogP contribution in [0.25, 0.3) is 0 Å². The van der Waals surface area contributed by atoms with Crippen molar-refractivity contribution in [3.8, 4) is 0 Å². The first kappa shape index (κ1) is 19.8. The number of rotatable bonds is 4. The van der Waals surface area contributed by atoms with Crippen molar-refractivity contribution in [3.05, 3.63) is 107 Å². The minimum atomic E-state index is -1.13. The molecule has 0 spiro atoms. The fourth-order valence-corrected chi connectivity index (χ4v) is 4.77. The zero-order valence-electron chi connectivity index (χ0n) is 16.0. The molecule has 1 fully saturated rings. The van der Waals surface area contributed by atoms with Gasteiger partial charge in [0.25, 0.3) is 0 Å². The molecule has 1 aliphatic heterocycles. The van der Waals surface area contributed by atoms with Crippen LogP contribution in [0, 0.1) is 0 Å². The van der Waals surface area contributed by atoms with E-state index < -0.39 is 5.72 Å². The van der Waals surface area contributed by atoms with E-state index in [4.69, 9.17) is 11.6 Å². The van der Waals surface area contributed by atoms with E-state index in [1.54, 1.807) is 11.8 Å². The summed E-state index contributed by atoms with van der Waals surface area (Å²) in [5.41, 5.74) is 2.38. The predicted octanol–water partition coefficient (Wildman–Crippen LogP) is 6.37. The van der Waals surface area contributed by atoms with Gasteiger partial charge in [0.2, 0.25) is 0 Å². The van der Waals surface area contributed by atoms with E-state index in [0.29, 0.717) is 10.8 Å². The molecular weight excluding hydrogens is 400 g/mol. The second-order valence-electron chi connectivity index (χ2n) is 6.85. The number of halogens is 1. The average molecular weight is 421 g/mol. The van der Waals surface area contributed by atoms with Crippen LogP contribution in [0.5, 0.6) is 0 Å². The number of aliphatic imine (C=N–C) groups is 1. The van der Waals surface area contributed by atoms with E-state index in [-0.39, 0.29) is 0 Å². The monoisotopic (exact) mass is 420 g/mol. The highest BCUT2D eigenvalue weighted by molar-refractivity contribution is 8.03. The lowest BCUT2D eigenvalue weighted by atomic mass is 10.0. The van der Waals surface area contributed by atoms with Gasteiger partial charge in [-0.1, -0.05) is 60.1 Å². The molecule has 0 bridgehead atoms. The van der Waals surface area contributed by atoms with E-state index in [1.165, 1.54) is 0 Å². The van der Waals surface area contributed by atoms with Crippen molar-refractivity contribution in [2.45, 2.75) is 12.6 Å². The molecule has 1 atom stereocenters. The first-order valence-corrected chi connectivity index (χ1v) is 10.7. The van der Waals surface area contributed by atoms with Gasteiger partial charge < -0.3 is 10.0 Å². The van der Waals surface area contributed by atoms with Crippen LogP contribution in [-0.4, -0.2) is 16.6 Å². The second-order valence-corrected chi connectivity index (χ2v) is 8.29. The summed E-state index contributed by atoms with van der Waals surface area (Å²) in [5.74, 6) is 0.534. The molecule has 0 amide bonds. The molecule has 0 aliphatic carbocycles. The minimum Gasteiger partial charge on any atom is -0.366 e. The molecule has 0 radical (unpaired) electrons. The molecular formula is C24H21ClN2OS. The molecule has 4 rings (SSSR count). The van der Waals surface area contributed by atoms with Crippen LogP contribution in [-0.2, 0) is 5.72 Å². The maximum absolute atomic E-state index is 11.7. The van der Waals surface area contributed by atoms with Crippen molar-refractivity contribution in [1.29, 1.82) is 0 Å². The molecule has 1 saturated heterocycles. The van der Waals surface area contributed by atoms with Crippen molar-refractivity contribution in [2.75, 3.05) is 10.7 Å². The largest absolute Gasteiger partial charge is 0.366 e. The first-order chi connectivity index (χ1) is 14.1. The summed E-state index contributed by atoms with van der Waals surface area (Å²) < 4.78 is 0.